The maximum Gasteiger partial charge on any atom is 0.221 e. The van der Waals surface area contributed by atoms with E-state index in [2.05, 4.69) is 27.1 Å². The van der Waals surface area contributed by atoms with Gasteiger partial charge in [0.2, 0.25) is 5.88 Å². The average Bonchev–Trinajstić information content (AvgIpc) is 2.87. The minimum atomic E-state index is 0.666. The zero-order valence-corrected chi connectivity index (χ0v) is 13.1. The number of rotatable bonds is 6. The Balaban J connectivity index is 1.93. The molecule has 1 aromatic heterocycles. The largest absolute Gasteiger partial charge is 0.481 e. The fraction of sp³-hybridized carbons (Fsp3) is 0.733. The number of methoxy groups -OCH3 is 1. The van der Waals surface area contributed by atoms with Crippen LogP contribution in [0.25, 0.3) is 0 Å². The van der Waals surface area contributed by atoms with Crippen LogP contribution in [-0.4, -0.2) is 48.2 Å². The highest BCUT2D eigenvalue weighted by atomic mass is 16.5. The van der Waals surface area contributed by atoms with Gasteiger partial charge in [0, 0.05) is 13.1 Å². The van der Waals surface area contributed by atoms with Crippen LogP contribution in [0.1, 0.15) is 31.2 Å². The molecule has 2 rings (SSSR count). The third-order valence-corrected chi connectivity index (χ3v) is 3.87. The summed E-state index contributed by atoms with van der Waals surface area (Å²) < 4.78 is 5.29. The lowest BCUT2D eigenvalue weighted by molar-refractivity contribution is 0.327. The molecule has 0 spiro atoms. The molecule has 1 aromatic rings. The Morgan fingerprint density at radius 3 is 2.85 bits per heavy atom. The summed E-state index contributed by atoms with van der Waals surface area (Å²) in [5.74, 6) is 3.03. The summed E-state index contributed by atoms with van der Waals surface area (Å²) in [4.78, 5) is 11.3. The lowest BCUT2D eigenvalue weighted by Crippen LogP contribution is -2.24. The molecule has 1 fully saturated rings. The lowest BCUT2D eigenvalue weighted by Gasteiger charge is -2.16. The molecular formula is C15H26N4O. The van der Waals surface area contributed by atoms with Crippen LogP contribution in [0.4, 0.5) is 5.82 Å². The summed E-state index contributed by atoms with van der Waals surface area (Å²) in [6.07, 6.45) is 2.51. The van der Waals surface area contributed by atoms with Crippen molar-refractivity contribution >= 4 is 5.82 Å². The van der Waals surface area contributed by atoms with Gasteiger partial charge in [-0.2, -0.15) is 4.98 Å². The molecule has 20 heavy (non-hydrogen) atoms. The monoisotopic (exact) mass is 278 g/mol. The second-order valence-corrected chi connectivity index (χ2v) is 5.59. The van der Waals surface area contributed by atoms with Gasteiger partial charge < -0.3 is 15.0 Å². The Kier molecular flexibility index (Phi) is 5.17. The Morgan fingerprint density at radius 2 is 2.15 bits per heavy atom. The summed E-state index contributed by atoms with van der Waals surface area (Å²) >= 11 is 0. The van der Waals surface area contributed by atoms with Gasteiger partial charge >= 0.3 is 0 Å². The van der Waals surface area contributed by atoms with E-state index >= 15 is 0 Å². The molecule has 0 aromatic carbocycles. The zero-order chi connectivity index (χ0) is 14.5. The first-order valence-electron chi connectivity index (χ1n) is 7.49. The lowest BCUT2D eigenvalue weighted by atomic mass is 10.1. The topological polar surface area (TPSA) is 50.3 Å². The molecule has 1 aliphatic rings. The van der Waals surface area contributed by atoms with E-state index in [0.717, 1.165) is 23.8 Å². The van der Waals surface area contributed by atoms with Crippen molar-refractivity contribution in [1.82, 2.24) is 14.9 Å². The number of anilines is 1. The smallest absolute Gasteiger partial charge is 0.221 e. The average molecular weight is 278 g/mol. The summed E-state index contributed by atoms with van der Waals surface area (Å²) in [6, 6.07) is 0. The minimum Gasteiger partial charge on any atom is -0.481 e. The first-order valence-corrected chi connectivity index (χ1v) is 7.49. The van der Waals surface area contributed by atoms with Crippen LogP contribution < -0.4 is 10.1 Å². The molecule has 5 heteroatoms. The predicted molar refractivity (Wildman–Crippen MR) is 81.4 cm³/mol. The molecule has 1 atom stereocenters. The van der Waals surface area contributed by atoms with Crippen LogP contribution in [0.15, 0.2) is 0 Å². The van der Waals surface area contributed by atoms with Gasteiger partial charge in [0.15, 0.2) is 0 Å². The van der Waals surface area contributed by atoms with Crippen LogP contribution in [0.3, 0.4) is 0 Å². The van der Waals surface area contributed by atoms with E-state index in [1.54, 1.807) is 7.11 Å². The van der Waals surface area contributed by atoms with Crippen molar-refractivity contribution in [3.8, 4) is 5.88 Å². The van der Waals surface area contributed by atoms with E-state index in [1.165, 1.54) is 32.5 Å². The van der Waals surface area contributed by atoms with E-state index in [0.29, 0.717) is 11.8 Å². The standard InChI is InChI=1S/C15H26N4O/c1-5-7-19-8-6-13(10-19)9-16-14-11(2)15(20-4)18-12(3)17-14/h13H,5-10H2,1-4H3,(H,16,17,18). The van der Waals surface area contributed by atoms with Crippen LogP contribution in [0, 0.1) is 19.8 Å². The highest BCUT2D eigenvalue weighted by Crippen LogP contribution is 2.23. The third kappa shape index (κ3) is 3.60. The summed E-state index contributed by atoms with van der Waals surface area (Å²) in [5.41, 5.74) is 0.988. The van der Waals surface area contributed by atoms with Crippen molar-refractivity contribution < 1.29 is 4.74 Å². The van der Waals surface area contributed by atoms with E-state index in [1.807, 2.05) is 13.8 Å². The molecule has 1 unspecified atom stereocenters. The normalized spacial score (nSPS) is 19.3. The number of hydrogen-bond acceptors (Lipinski definition) is 5. The SMILES string of the molecule is CCCN1CCC(CNc2nc(C)nc(OC)c2C)C1. The molecule has 1 N–H and O–H groups in total. The van der Waals surface area contributed by atoms with Crippen LogP contribution in [-0.2, 0) is 0 Å². The van der Waals surface area contributed by atoms with Crippen molar-refractivity contribution in [2.75, 3.05) is 38.6 Å². The second-order valence-electron chi connectivity index (χ2n) is 5.59. The molecule has 112 valence electrons. The quantitative estimate of drug-likeness (QED) is 0.865. The molecular weight excluding hydrogens is 252 g/mol. The molecule has 1 aliphatic heterocycles. The van der Waals surface area contributed by atoms with Gasteiger partial charge in [-0.05, 0) is 45.7 Å². The Labute approximate surface area is 121 Å². The van der Waals surface area contributed by atoms with Crippen molar-refractivity contribution in [2.24, 2.45) is 5.92 Å². The Hall–Kier alpha value is -1.36. The van der Waals surface area contributed by atoms with E-state index in [-0.39, 0.29) is 0 Å². The fourth-order valence-electron chi connectivity index (χ4n) is 2.81. The molecule has 0 saturated carbocycles. The van der Waals surface area contributed by atoms with Gasteiger partial charge in [0.1, 0.15) is 11.6 Å². The molecule has 0 aliphatic carbocycles. The minimum absolute atomic E-state index is 0.666. The summed E-state index contributed by atoms with van der Waals surface area (Å²) in [7, 11) is 1.65. The van der Waals surface area contributed by atoms with Gasteiger partial charge in [-0.1, -0.05) is 6.92 Å². The number of nitrogens with zero attached hydrogens (tertiary/aromatic N) is 3. The number of aryl methyl sites for hydroxylation is 1. The fourth-order valence-corrected chi connectivity index (χ4v) is 2.81. The summed E-state index contributed by atoms with van der Waals surface area (Å²) in [5, 5.41) is 3.48. The van der Waals surface area contributed by atoms with Crippen LogP contribution >= 0.6 is 0 Å². The van der Waals surface area contributed by atoms with Crippen molar-refractivity contribution in [2.45, 2.75) is 33.6 Å². The highest BCUT2D eigenvalue weighted by molar-refractivity contribution is 5.48. The molecule has 2 heterocycles. The highest BCUT2D eigenvalue weighted by Gasteiger charge is 2.22. The Morgan fingerprint density at radius 1 is 1.35 bits per heavy atom. The third-order valence-electron chi connectivity index (χ3n) is 3.87. The number of ether oxygens (including phenoxy) is 1. The second kappa shape index (κ2) is 6.88. The Bertz CT molecular complexity index is 450. The number of aromatic nitrogens is 2. The first-order chi connectivity index (χ1) is 9.63. The molecule has 0 amide bonds. The van der Waals surface area contributed by atoms with Crippen molar-refractivity contribution in [3.63, 3.8) is 0 Å². The number of likely N-dealkylation sites (tertiary alicyclic amines) is 1. The first kappa shape index (κ1) is 15.0. The molecule has 1 saturated heterocycles. The van der Waals surface area contributed by atoms with E-state index in [4.69, 9.17) is 4.74 Å². The zero-order valence-electron chi connectivity index (χ0n) is 13.1. The van der Waals surface area contributed by atoms with Gasteiger partial charge in [0.05, 0.1) is 12.7 Å². The maximum atomic E-state index is 5.29. The maximum absolute atomic E-state index is 5.29. The van der Waals surface area contributed by atoms with Crippen molar-refractivity contribution in [3.05, 3.63) is 11.4 Å². The van der Waals surface area contributed by atoms with Crippen molar-refractivity contribution in [1.29, 1.82) is 0 Å². The van der Waals surface area contributed by atoms with E-state index < -0.39 is 0 Å². The van der Waals surface area contributed by atoms with Gasteiger partial charge in [0.25, 0.3) is 0 Å². The van der Waals surface area contributed by atoms with Gasteiger partial charge in [-0.3, -0.25) is 0 Å². The number of nitrogens with one attached hydrogen (secondary N) is 1. The molecule has 5 nitrogen and oxygen atoms in total. The molecule has 0 bridgehead atoms. The van der Waals surface area contributed by atoms with Crippen LogP contribution in [0.5, 0.6) is 5.88 Å². The number of hydrogen-bond donors (Lipinski definition) is 1. The van der Waals surface area contributed by atoms with Crippen LogP contribution in [0.2, 0.25) is 0 Å². The van der Waals surface area contributed by atoms with Gasteiger partial charge in [-0.15, -0.1) is 0 Å². The van der Waals surface area contributed by atoms with E-state index in [9.17, 15) is 0 Å². The summed E-state index contributed by atoms with van der Waals surface area (Å²) in [6.45, 7) is 10.7. The molecule has 0 radical (unpaired) electrons. The predicted octanol–water partition coefficient (Wildman–Crippen LogP) is 2.25. The van der Waals surface area contributed by atoms with Gasteiger partial charge in [-0.25, -0.2) is 4.98 Å².